The molecule has 2 heterocycles. The molecule has 2 aliphatic rings. The van der Waals surface area contributed by atoms with Crippen LogP contribution in [-0.2, 0) is 20.7 Å². The predicted octanol–water partition coefficient (Wildman–Crippen LogP) is 2.84. The van der Waals surface area contributed by atoms with Crippen molar-refractivity contribution in [1.29, 1.82) is 0 Å². The van der Waals surface area contributed by atoms with Gasteiger partial charge in [0.15, 0.2) is 0 Å². The summed E-state index contributed by atoms with van der Waals surface area (Å²) in [7, 11) is 0. The van der Waals surface area contributed by atoms with Crippen molar-refractivity contribution in [2.75, 3.05) is 6.54 Å². The van der Waals surface area contributed by atoms with Crippen molar-refractivity contribution in [1.82, 2.24) is 10.9 Å². The quantitative estimate of drug-likeness (QED) is 0.309. The number of unbranched alkanes of at least 4 members (excludes halogenated alkanes) is 1. The summed E-state index contributed by atoms with van der Waals surface area (Å²) in [5.41, 5.74) is 6.93. The average Bonchev–Trinajstić information content (AvgIpc) is 3.27. The highest BCUT2D eigenvalue weighted by Crippen LogP contribution is 2.44. The van der Waals surface area contributed by atoms with Crippen molar-refractivity contribution in [3.8, 4) is 0 Å². The Hall–Kier alpha value is -2.18. The number of hydrogen-bond donors (Lipinski definition) is 3. The molecule has 3 rings (SSSR count). The Morgan fingerprint density at radius 2 is 1.86 bits per heavy atom. The second kappa shape index (κ2) is 10.4. The minimum Gasteiger partial charge on any atom is -0.481 e. The monoisotopic (exact) mass is 386 g/mol. The first-order valence-electron chi connectivity index (χ1n) is 10.2. The van der Waals surface area contributed by atoms with Crippen molar-refractivity contribution in [2.45, 2.75) is 57.2 Å². The number of rotatable bonds is 11. The first-order chi connectivity index (χ1) is 13.6. The van der Waals surface area contributed by atoms with Crippen LogP contribution in [-0.4, -0.2) is 35.7 Å². The van der Waals surface area contributed by atoms with Gasteiger partial charge in [-0.2, -0.15) is 0 Å². The summed E-state index contributed by atoms with van der Waals surface area (Å²) in [6.07, 6.45) is 10.0. The molecule has 6 nitrogen and oxygen atoms in total. The van der Waals surface area contributed by atoms with Crippen molar-refractivity contribution in [2.24, 2.45) is 11.8 Å². The summed E-state index contributed by atoms with van der Waals surface area (Å²) in [4.78, 5) is 22.6. The molecule has 28 heavy (non-hydrogen) atoms. The van der Waals surface area contributed by atoms with Crippen LogP contribution in [0.4, 0.5) is 0 Å². The number of ether oxygens (including phenoxy) is 1. The molecular weight excluding hydrogens is 356 g/mol. The van der Waals surface area contributed by atoms with Crippen molar-refractivity contribution in [3.63, 3.8) is 0 Å². The molecule has 2 bridgehead atoms. The van der Waals surface area contributed by atoms with Crippen LogP contribution in [0, 0.1) is 11.8 Å². The van der Waals surface area contributed by atoms with Crippen LogP contribution in [0.5, 0.6) is 0 Å². The molecule has 1 amide bonds. The third-order valence-electron chi connectivity index (χ3n) is 5.70. The highest BCUT2D eigenvalue weighted by atomic mass is 16.5. The Morgan fingerprint density at radius 3 is 2.61 bits per heavy atom. The van der Waals surface area contributed by atoms with E-state index in [-0.39, 0.29) is 18.4 Å². The Kier molecular flexibility index (Phi) is 7.62. The van der Waals surface area contributed by atoms with E-state index in [1.54, 1.807) is 0 Å². The van der Waals surface area contributed by atoms with Crippen LogP contribution in [0.15, 0.2) is 42.5 Å². The lowest BCUT2D eigenvalue weighted by Crippen LogP contribution is -2.44. The van der Waals surface area contributed by atoms with Gasteiger partial charge in [0.1, 0.15) is 0 Å². The smallest absolute Gasteiger partial charge is 0.303 e. The lowest BCUT2D eigenvalue weighted by atomic mass is 9.77. The second-order valence-electron chi connectivity index (χ2n) is 7.70. The molecule has 6 heteroatoms. The van der Waals surface area contributed by atoms with E-state index >= 15 is 0 Å². The summed E-state index contributed by atoms with van der Waals surface area (Å²) in [5.74, 6) is 0.0629. The summed E-state index contributed by atoms with van der Waals surface area (Å²) in [6, 6.07) is 9.70. The molecule has 0 spiro atoms. The highest BCUT2D eigenvalue weighted by molar-refractivity contribution is 5.78. The number of carbonyl (C=O) groups is 2. The minimum atomic E-state index is -0.740. The van der Waals surface area contributed by atoms with Crippen LogP contribution < -0.4 is 10.9 Å². The number of carboxylic acids is 1. The van der Waals surface area contributed by atoms with E-state index in [0.29, 0.717) is 37.3 Å². The van der Waals surface area contributed by atoms with Crippen LogP contribution in [0.2, 0.25) is 0 Å². The van der Waals surface area contributed by atoms with E-state index in [0.717, 1.165) is 31.2 Å². The van der Waals surface area contributed by atoms with E-state index in [4.69, 9.17) is 9.84 Å². The fourth-order valence-corrected chi connectivity index (χ4v) is 4.32. The fraction of sp³-hybridized carbons (Fsp3) is 0.545. The van der Waals surface area contributed by atoms with Gasteiger partial charge >= 0.3 is 5.97 Å². The second-order valence-corrected chi connectivity index (χ2v) is 7.70. The molecule has 0 saturated carbocycles. The molecule has 3 N–H and O–H groups in total. The van der Waals surface area contributed by atoms with E-state index < -0.39 is 5.97 Å². The summed E-state index contributed by atoms with van der Waals surface area (Å²) < 4.78 is 6.10. The van der Waals surface area contributed by atoms with Gasteiger partial charge < -0.3 is 9.84 Å². The van der Waals surface area contributed by atoms with Crippen LogP contribution >= 0.6 is 0 Å². The molecule has 0 unspecified atom stereocenters. The van der Waals surface area contributed by atoms with Gasteiger partial charge in [-0.05, 0) is 43.6 Å². The molecule has 0 aliphatic carbocycles. The van der Waals surface area contributed by atoms with Gasteiger partial charge in [-0.25, -0.2) is 5.43 Å². The Bertz CT molecular complexity index is 676. The molecule has 0 aromatic heterocycles. The van der Waals surface area contributed by atoms with Gasteiger partial charge in [0, 0.05) is 18.9 Å². The highest BCUT2D eigenvalue weighted by Gasteiger charge is 2.47. The zero-order valence-corrected chi connectivity index (χ0v) is 16.2. The van der Waals surface area contributed by atoms with Gasteiger partial charge in [0.05, 0.1) is 18.6 Å². The lowest BCUT2D eigenvalue weighted by molar-refractivity contribution is -0.137. The number of benzene rings is 1. The summed E-state index contributed by atoms with van der Waals surface area (Å²) in [6.45, 7) is 0.708. The third kappa shape index (κ3) is 5.91. The number of nitrogens with one attached hydrogen (secondary N) is 2. The Balaban J connectivity index is 1.40. The van der Waals surface area contributed by atoms with Crippen LogP contribution in [0.1, 0.15) is 44.1 Å². The van der Waals surface area contributed by atoms with Crippen LogP contribution in [0.3, 0.4) is 0 Å². The van der Waals surface area contributed by atoms with Crippen molar-refractivity contribution in [3.05, 3.63) is 48.0 Å². The topological polar surface area (TPSA) is 87.7 Å². The van der Waals surface area contributed by atoms with Crippen molar-refractivity contribution < 1.29 is 19.4 Å². The number of carboxylic acid groups (broad SMARTS) is 1. The average molecular weight is 386 g/mol. The zero-order chi connectivity index (χ0) is 19.8. The summed E-state index contributed by atoms with van der Waals surface area (Å²) in [5, 5.41) is 8.68. The van der Waals surface area contributed by atoms with Gasteiger partial charge in [0.2, 0.25) is 5.91 Å². The first-order valence-corrected chi connectivity index (χ1v) is 10.2. The molecule has 4 atom stereocenters. The maximum Gasteiger partial charge on any atom is 0.303 e. The minimum absolute atomic E-state index is 0.0369. The molecule has 2 saturated heterocycles. The summed E-state index contributed by atoms with van der Waals surface area (Å²) >= 11 is 0. The number of carbonyl (C=O) groups excluding carboxylic acids is 1. The fourth-order valence-electron chi connectivity index (χ4n) is 4.32. The number of amides is 1. The number of hydrogen-bond acceptors (Lipinski definition) is 4. The Labute approximate surface area is 166 Å². The first kappa shape index (κ1) is 20.6. The van der Waals surface area contributed by atoms with Gasteiger partial charge in [-0.1, -0.05) is 42.5 Å². The molecular formula is C22H30N2O4. The van der Waals surface area contributed by atoms with Gasteiger partial charge in [0.25, 0.3) is 0 Å². The Morgan fingerprint density at radius 1 is 1.11 bits per heavy atom. The molecule has 152 valence electrons. The molecule has 0 radical (unpaired) electrons. The van der Waals surface area contributed by atoms with Gasteiger partial charge in [-0.15, -0.1) is 0 Å². The molecule has 2 aliphatic heterocycles. The molecule has 1 aromatic carbocycles. The maximum absolute atomic E-state index is 12.1. The standard InChI is InChI=1S/C22H30N2O4/c25-21(14-16-8-4-3-5-9-16)24-23-15-18-17(19-12-13-20(18)28-19)10-6-1-2-7-11-22(26)27/h1,3-6,8-9,17-20,23H,2,7,10-15H2,(H,24,25)(H,26,27)/b6-1-/t17-,18+,19-,20+/m1/s1. The SMILES string of the molecule is O=C(O)CCC/C=C\C[C@@H]1[C@H](CNNC(=O)Cc2ccccc2)[C@@H]2CC[C@H]1O2. The van der Waals surface area contributed by atoms with Crippen molar-refractivity contribution >= 4 is 11.9 Å². The molecule has 2 fully saturated rings. The van der Waals surface area contributed by atoms with Gasteiger partial charge in [-0.3, -0.25) is 15.0 Å². The predicted molar refractivity (Wildman–Crippen MR) is 106 cm³/mol. The van der Waals surface area contributed by atoms with Crippen LogP contribution in [0.25, 0.3) is 0 Å². The normalized spacial score (nSPS) is 26.0. The zero-order valence-electron chi connectivity index (χ0n) is 16.2. The lowest BCUT2D eigenvalue weighted by Gasteiger charge is -2.27. The van der Waals surface area contributed by atoms with E-state index in [1.807, 2.05) is 30.3 Å². The largest absolute Gasteiger partial charge is 0.481 e. The number of hydrazine groups is 1. The number of aliphatic carboxylic acids is 1. The van der Waals surface area contributed by atoms with E-state index in [2.05, 4.69) is 23.0 Å². The number of fused-ring (bicyclic) bond motifs is 2. The maximum atomic E-state index is 12.1. The third-order valence-corrected chi connectivity index (χ3v) is 5.70. The number of allylic oxidation sites excluding steroid dienone is 2. The molecule has 1 aromatic rings. The van der Waals surface area contributed by atoms with E-state index in [9.17, 15) is 9.59 Å². The van der Waals surface area contributed by atoms with E-state index in [1.165, 1.54) is 0 Å².